The SMILES string of the molecule is CC(CNc1cc(F)c(Br)cc1[N+](=O)[O-])S(C)=O. The molecule has 0 aliphatic heterocycles. The topological polar surface area (TPSA) is 72.2 Å². The second kappa shape index (κ2) is 6.24. The number of nitrogens with one attached hydrogen (secondary N) is 1. The highest BCUT2D eigenvalue weighted by Gasteiger charge is 2.18. The van der Waals surface area contributed by atoms with Gasteiger partial charge in [0, 0.05) is 41.0 Å². The van der Waals surface area contributed by atoms with E-state index in [-0.39, 0.29) is 27.6 Å². The Kier molecular flexibility index (Phi) is 5.21. The van der Waals surface area contributed by atoms with E-state index in [0.717, 1.165) is 12.1 Å². The third-order valence-electron chi connectivity index (χ3n) is 2.38. The van der Waals surface area contributed by atoms with E-state index in [1.165, 1.54) is 0 Å². The van der Waals surface area contributed by atoms with Gasteiger partial charge in [-0.15, -0.1) is 0 Å². The van der Waals surface area contributed by atoms with Crippen molar-refractivity contribution in [3.63, 3.8) is 0 Å². The van der Waals surface area contributed by atoms with E-state index in [2.05, 4.69) is 21.2 Å². The fraction of sp³-hybridized carbons (Fsp3) is 0.400. The van der Waals surface area contributed by atoms with Crippen LogP contribution in [0.15, 0.2) is 16.6 Å². The highest BCUT2D eigenvalue weighted by Crippen LogP contribution is 2.30. The van der Waals surface area contributed by atoms with Gasteiger partial charge in [-0.3, -0.25) is 14.3 Å². The van der Waals surface area contributed by atoms with Crippen LogP contribution < -0.4 is 5.32 Å². The second-order valence-corrected chi connectivity index (χ2v) is 6.39. The van der Waals surface area contributed by atoms with Gasteiger partial charge in [-0.05, 0) is 22.9 Å². The van der Waals surface area contributed by atoms with Crippen LogP contribution in [0.5, 0.6) is 0 Å². The van der Waals surface area contributed by atoms with Gasteiger partial charge in [0.2, 0.25) is 0 Å². The Bertz CT molecular complexity index is 498. The standard InChI is InChI=1S/C10H12BrFN2O3S/c1-6(18(2)17)5-13-9-4-8(12)7(11)3-10(9)14(15)16/h3-4,6,13H,5H2,1-2H3. The minimum atomic E-state index is -1.05. The Morgan fingerprint density at radius 3 is 2.72 bits per heavy atom. The van der Waals surface area contributed by atoms with Crippen LogP contribution in [0.1, 0.15) is 6.92 Å². The molecule has 0 fully saturated rings. The molecule has 1 aromatic carbocycles. The summed E-state index contributed by atoms with van der Waals surface area (Å²) in [5.74, 6) is -0.589. The number of hydrogen-bond donors (Lipinski definition) is 1. The highest BCUT2D eigenvalue weighted by atomic mass is 79.9. The van der Waals surface area contributed by atoms with E-state index in [4.69, 9.17) is 0 Å². The summed E-state index contributed by atoms with van der Waals surface area (Å²) in [6, 6.07) is 2.15. The van der Waals surface area contributed by atoms with Crippen molar-refractivity contribution >= 4 is 38.1 Å². The molecule has 0 aliphatic rings. The average Bonchev–Trinajstić information content (AvgIpc) is 2.29. The van der Waals surface area contributed by atoms with Crippen LogP contribution in [0, 0.1) is 15.9 Å². The maximum absolute atomic E-state index is 13.3. The van der Waals surface area contributed by atoms with Crippen molar-refractivity contribution in [1.82, 2.24) is 0 Å². The van der Waals surface area contributed by atoms with Crippen molar-refractivity contribution in [2.24, 2.45) is 0 Å². The van der Waals surface area contributed by atoms with E-state index in [9.17, 15) is 18.7 Å². The molecule has 1 N–H and O–H groups in total. The molecule has 2 unspecified atom stereocenters. The minimum Gasteiger partial charge on any atom is -0.378 e. The van der Waals surface area contributed by atoms with E-state index in [0.29, 0.717) is 0 Å². The lowest BCUT2D eigenvalue weighted by Gasteiger charge is -2.11. The third kappa shape index (κ3) is 3.74. The number of rotatable bonds is 5. The summed E-state index contributed by atoms with van der Waals surface area (Å²) in [6.45, 7) is 2.01. The molecule has 0 saturated carbocycles. The van der Waals surface area contributed by atoms with Gasteiger partial charge in [0.15, 0.2) is 0 Å². The smallest absolute Gasteiger partial charge is 0.293 e. The first-order valence-electron chi connectivity index (χ1n) is 5.02. The molecule has 0 spiro atoms. The van der Waals surface area contributed by atoms with Crippen LogP contribution in [0.25, 0.3) is 0 Å². The zero-order chi connectivity index (χ0) is 13.9. The molecule has 2 atom stereocenters. The van der Waals surface area contributed by atoms with Crippen molar-refractivity contribution in [2.45, 2.75) is 12.2 Å². The highest BCUT2D eigenvalue weighted by molar-refractivity contribution is 9.10. The normalized spacial score (nSPS) is 14.0. The Balaban J connectivity index is 2.97. The molecule has 0 aromatic heterocycles. The van der Waals surface area contributed by atoms with Crippen LogP contribution in [-0.2, 0) is 10.8 Å². The largest absolute Gasteiger partial charge is 0.378 e. The van der Waals surface area contributed by atoms with Gasteiger partial charge in [-0.2, -0.15) is 0 Å². The molecular formula is C10H12BrFN2O3S. The number of halogens is 2. The zero-order valence-electron chi connectivity index (χ0n) is 9.78. The number of hydrogen-bond acceptors (Lipinski definition) is 4. The van der Waals surface area contributed by atoms with Crippen LogP contribution in [0.2, 0.25) is 0 Å². The fourth-order valence-corrected chi connectivity index (χ4v) is 1.85. The quantitative estimate of drug-likeness (QED) is 0.661. The van der Waals surface area contributed by atoms with Crippen molar-refractivity contribution in [2.75, 3.05) is 18.1 Å². The molecule has 1 rings (SSSR count). The zero-order valence-corrected chi connectivity index (χ0v) is 12.2. The number of anilines is 1. The molecule has 100 valence electrons. The first-order chi connectivity index (χ1) is 8.32. The molecule has 0 saturated heterocycles. The Labute approximate surface area is 115 Å². The molecule has 0 amide bonds. The van der Waals surface area contributed by atoms with Gasteiger partial charge in [-0.1, -0.05) is 0 Å². The number of nitrogens with zero attached hydrogens (tertiary/aromatic N) is 1. The fourth-order valence-electron chi connectivity index (χ4n) is 1.20. The third-order valence-corrected chi connectivity index (χ3v) is 4.29. The minimum absolute atomic E-state index is 0.0341. The predicted molar refractivity (Wildman–Crippen MR) is 72.8 cm³/mol. The number of nitro benzene ring substituents is 1. The predicted octanol–water partition coefficient (Wildman–Crippen LogP) is 2.68. The lowest BCUT2D eigenvalue weighted by molar-refractivity contribution is -0.384. The number of benzene rings is 1. The molecule has 0 aliphatic carbocycles. The molecule has 5 nitrogen and oxygen atoms in total. The second-order valence-electron chi connectivity index (χ2n) is 3.73. The summed E-state index contributed by atoms with van der Waals surface area (Å²) < 4.78 is 24.5. The van der Waals surface area contributed by atoms with Crippen molar-refractivity contribution in [3.05, 3.63) is 32.5 Å². The van der Waals surface area contributed by atoms with Crippen LogP contribution >= 0.6 is 15.9 Å². The average molecular weight is 339 g/mol. The maximum atomic E-state index is 13.3. The summed E-state index contributed by atoms with van der Waals surface area (Å²) in [5.41, 5.74) is -0.143. The van der Waals surface area contributed by atoms with Gasteiger partial charge in [-0.25, -0.2) is 4.39 Å². The molecule has 0 bridgehead atoms. The van der Waals surface area contributed by atoms with E-state index < -0.39 is 21.5 Å². The molecule has 1 aromatic rings. The summed E-state index contributed by atoms with van der Waals surface area (Å²) >= 11 is 2.90. The van der Waals surface area contributed by atoms with Crippen LogP contribution in [0.3, 0.4) is 0 Å². The lowest BCUT2D eigenvalue weighted by Crippen LogP contribution is -2.21. The van der Waals surface area contributed by atoms with Crippen molar-refractivity contribution in [3.8, 4) is 0 Å². The first-order valence-corrected chi connectivity index (χ1v) is 7.44. The summed E-state index contributed by atoms with van der Waals surface area (Å²) in [6.07, 6.45) is 1.54. The lowest BCUT2D eigenvalue weighted by atomic mass is 10.2. The summed E-state index contributed by atoms with van der Waals surface area (Å²) in [5, 5.41) is 13.4. The van der Waals surface area contributed by atoms with Crippen LogP contribution in [-0.4, -0.2) is 27.2 Å². The monoisotopic (exact) mass is 338 g/mol. The van der Waals surface area contributed by atoms with E-state index in [1.807, 2.05) is 0 Å². The molecule has 0 heterocycles. The van der Waals surface area contributed by atoms with Crippen molar-refractivity contribution < 1.29 is 13.5 Å². The van der Waals surface area contributed by atoms with Crippen LogP contribution in [0.4, 0.5) is 15.8 Å². The Morgan fingerprint density at radius 2 is 2.22 bits per heavy atom. The summed E-state index contributed by atoms with van der Waals surface area (Å²) in [7, 11) is -1.05. The molecule has 18 heavy (non-hydrogen) atoms. The van der Waals surface area contributed by atoms with Gasteiger partial charge in [0.25, 0.3) is 5.69 Å². The Morgan fingerprint density at radius 1 is 1.61 bits per heavy atom. The maximum Gasteiger partial charge on any atom is 0.293 e. The van der Waals surface area contributed by atoms with Gasteiger partial charge < -0.3 is 5.32 Å². The van der Waals surface area contributed by atoms with Crippen molar-refractivity contribution in [1.29, 1.82) is 0 Å². The van der Waals surface area contributed by atoms with E-state index >= 15 is 0 Å². The summed E-state index contributed by atoms with van der Waals surface area (Å²) in [4.78, 5) is 10.2. The van der Waals surface area contributed by atoms with Gasteiger partial charge in [0.05, 0.1) is 9.40 Å². The molecule has 8 heteroatoms. The van der Waals surface area contributed by atoms with Gasteiger partial charge in [0.1, 0.15) is 11.5 Å². The first kappa shape index (κ1) is 15.0. The molecule has 0 radical (unpaired) electrons. The molecular weight excluding hydrogens is 327 g/mol. The van der Waals surface area contributed by atoms with Gasteiger partial charge >= 0.3 is 0 Å². The van der Waals surface area contributed by atoms with E-state index in [1.54, 1.807) is 13.2 Å². The Hall–Kier alpha value is -1.02. The number of nitro groups is 1.